The number of nitrogens with zero attached hydrogens (tertiary/aromatic N) is 2. The summed E-state index contributed by atoms with van der Waals surface area (Å²) in [7, 11) is 0. The van der Waals surface area contributed by atoms with E-state index < -0.39 is 45.8 Å². The number of para-hydroxylation sites is 1. The standard InChI is InChI=1S/C34H23N3O7/c38-30(20-7-5-8-22(16-20)37(41)42)28-29(31(39)21-12-13-26-27(17-21)44-18-43-26)36-15-14-19-6-1-2-9-23(19)32(36)34(28)24-10-3-4-11-25(24)35-33(34)40/h1-17,28-29,32H,18H2,(H,35,40)/t28-,29-,32+,34+/m0/s1. The molecule has 1 N–H and O–H groups in total. The topological polar surface area (TPSA) is 128 Å². The van der Waals surface area contributed by atoms with Gasteiger partial charge >= 0.3 is 0 Å². The summed E-state index contributed by atoms with van der Waals surface area (Å²) in [5.41, 5.74) is 1.32. The van der Waals surface area contributed by atoms with E-state index in [0.29, 0.717) is 22.7 Å². The first-order valence-corrected chi connectivity index (χ1v) is 14.1. The first kappa shape index (κ1) is 25.9. The molecule has 1 saturated heterocycles. The van der Waals surface area contributed by atoms with Crippen LogP contribution >= 0.6 is 0 Å². The lowest BCUT2D eigenvalue weighted by atomic mass is 9.62. The van der Waals surface area contributed by atoms with Crippen LogP contribution in [0.1, 0.15) is 43.4 Å². The van der Waals surface area contributed by atoms with Crippen LogP contribution in [-0.4, -0.2) is 40.1 Å². The van der Waals surface area contributed by atoms with Crippen molar-refractivity contribution < 1.29 is 28.8 Å². The average Bonchev–Trinajstić information content (AvgIpc) is 3.73. The van der Waals surface area contributed by atoms with Gasteiger partial charge < -0.3 is 19.7 Å². The molecule has 1 fully saturated rings. The van der Waals surface area contributed by atoms with E-state index in [9.17, 15) is 24.5 Å². The van der Waals surface area contributed by atoms with E-state index in [1.165, 1.54) is 24.3 Å². The summed E-state index contributed by atoms with van der Waals surface area (Å²) in [5.74, 6) is -1.70. The molecular formula is C34H23N3O7. The summed E-state index contributed by atoms with van der Waals surface area (Å²) in [6.07, 6.45) is 3.65. The molecule has 44 heavy (non-hydrogen) atoms. The predicted octanol–water partition coefficient (Wildman–Crippen LogP) is 5.31. The molecule has 4 aromatic rings. The van der Waals surface area contributed by atoms with Crippen molar-refractivity contribution in [1.29, 1.82) is 0 Å². The number of hydrogen-bond donors (Lipinski definition) is 1. The Kier molecular flexibility index (Phi) is 5.51. The zero-order chi connectivity index (χ0) is 30.2. The maximum absolute atomic E-state index is 14.9. The van der Waals surface area contributed by atoms with Crippen molar-refractivity contribution in [2.24, 2.45) is 5.92 Å². The molecule has 4 aliphatic heterocycles. The molecule has 4 aromatic carbocycles. The minimum atomic E-state index is -1.55. The highest BCUT2D eigenvalue weighted by Crippen LogP contribution is 2.62. The minimum Gasteiger partial charge on any atom is -0.454 e. The maximum Gasteiger partial charge on any atom is 0.270 e. The van der Waals surface area contributed by atoms with Crippen molar-refractivity contribution in [1.82, 2.24) is 4.90 Å². The number of rotatable bonds is 5. The van der Waals surface area contributed by atoms with Gasteiger partial charge in [0.2, 0.25) is 12.7 Å². The van der Waals surface area contributed by atoms with Crippen molar-refractivity contribution in [3.8, 4) is 11.5 Å². The summed E-state index contributed by atoms with van der Waals surface area (Å²) in [6.45, 7) is 0.0259. The number of nitro groups is 1. The number of benzene rings is 4. The Bertz CT molecular complexity index is 1970. The molecule has 0 radical (unpaired) electrons. The third kappa shape index (κ3) is 3.45. The highest BCUT2D eigenvalue weighted by atomic mass is 16.7. The number of fused-ring (bicyclic) bond motifs is 7. The molecule has 0 bridgehead atoms. The number of ether oxygens (including phenoxy) is 2. The van der Waals surface area contributed by atoms with Crippen LogP contribution < -0.4 is 14.8 Å². The highest BCUT2D eigenvalue weighted by Gasteiger charge is 2.70. The van der Waals surface area contributed by atoms with E-state index in [4.69, 9.17) is 9.47 Å². The maximum atomic E-state index is 14.9. The Hall–Kier alpha value is -5.77. The first-order chi connectivity index (χ1) is 21.4. The van der Waals surface area contributed by atoms with E-state index in [-0.39, 0.29) is 23.6 Å². The van der Waals surface area contributed by atoms with Gasteiger partial charge in [-0.1, -0.05) is 54.6 Å². The summed E-state index contributed by atoms with van der Waals surface area (Å²) in [6, 6.07) is 23.2. The number of nitrogens with one attached hydrogen (secondary N) is 1. The first-order valence-electron chi connectivity index (χ1n) is 14.1. The zero-order valence-electron chi connectivity index (χ0n) is 23.0. The smallest absolute Gasteiger partial charge is 0.270 e. The minimum absolute atomic E-state index is 0.0259. The molecule has 1 spiro atoms. The molecule has 1 amide bonds. The quantitative estimate of drug-likeness (QED) is 0.190. The Morgan fingerprint density at radius 1 is 0.886 bits per heavy atom. The largest absolute Gasteiger partial charge is 0.454 e. The second-order valence-corrected chi connectivity index (χ2v) is 11.2. The number of Topliss-reactive ketones (excluding diaryl/α,β-unsaturated/α-hetero) is 2. The molecule has 0 aliphatic carbocycles. The predicted molar refractivity (Wildman–Crippen MR) is 158 cm³/mol. The summed E-state index contributed by atoms with van der Waals surface area (Å²) >= 11 is 0. The number of nitro benzene ring substituents is 1. The number of non-ortho nitro benzene ring substituents is 1. The van der Waals surface area contributed by atoms with Gasteiger partial charge in [-0.15, -0.1) is 0 Å². The zero-order valence-corrected chi connectivity index (χ0v) is 23.0. The molecule has 0 unspecified atom stereocenters. The summed E-state index contributed by atoms with van der Waals surface area (Å²) in [5, 5.41) is 14.7. The van der Waals surface area contributed by atoms with Crippen molar-refractivity contribution in [2.45, 2.75) is 17.5 Å². The van der Waals surface area contributed by atoms with Gasteiger partial charge in [-0.2, -0.15) is 0 Å². The fourth-order valence-corrected chi connectivity index (χ4v) is 7.34. The normalized spacial score (nSPS) is 23.6. The number of ketones is 2. The fourth-order valence-electron chi connectivity index (χ4n) is 7.34. The molecule has 10 nitrogen and oxygen atoms in total. The van der Waals surface area contributed by atoms with E-state index in [1.807, 2.05) is 41.3 Å². The molecular weight excluding hydrogens is 562 g/mol. The van der Waals surface area contributed by atoms with E-state index in [1.54, 1.807) is 42.6 Å². The van der Waals surface area contributed by atoms with Crippen molar-refractivity contribution in [2.75, 3.05) is 12.1 Å². The molecule has 4 atom stereocenters. The van der Waals surface area contributed by atoms with Gasteiger partial charge in [0.15, 0.2) is 23.1 Å². The van der Waals surface area contributed by atoms with Crippen LogP contribution in [0.3, 0.4) is 0 Å². The van der Waals surface area contributed by atoms with E-state index in [2.05, 4.69) is 5.32 Å². The second-order valence-electron chi connectivity index (χ2n) is 11.2. The van der Waals surface area contributed by atoms with Crippen molar-refractivity contribution in [3.05, 3.63) is 135 Å². The van der Waals surface area contributed by atoms with Crippen molar-refractivity contribution >= 4 is 34.9 Å². The Morgan fingerprint density at radius 2 is 1.66 bits per heavy atom. The third-order valence-electron chi connectivity index (χ3n) is 9.12. The SMILES string of the molecule is O=C(c1ccc2c(c1)OCO2)[C@@H]1[C@@H](C(=O)c2cccc([N+](=O)[O-])c2)[C@@]2(C(=O)Nc3ccccc32)[C@H]2c3ccccc3C=CN12. The van der Waals surface area contributed by atoms with Crippen LogP contribution in [0.5, 0.6) is 11.5 Å². The number of carbonyl (C=O) groups excluding carboxylic acids is 3. The number of amides is 1. The van der Waals surface area contributed by atoms with Gasteiger partial charge in [0.25, 0.3) is 5.69 Å². The third-order valence-corrected chi connectivity index (χ3v) is 9.12. The molecule has 4 aliphatic rings. The van der Waals surface area contributed by atoms with Crippen LogP contribution in [0.25, 0.3) is 6.08 Å². The summed E-state index contributed by atoms with van der Waals surface area (Å²) in [4.78, 5) is 57.1. The number of hydrogen-bond acceptors (Lipinski definition) is 8. The molecule has 8 rings (SSSR count). The number of anilines is 1. The molecule has 216 valence electrons. The lowest BCUT2D eigenvalue weighted by Gasteiger charge is -2.38. The van der Waals surface area contributed by atoms with Gasteiger partial charge in [0.1, 0.15) is 11.5 Å². The highest BCUT2D eigenvalue weighted by molar-refractivity contribution is 6.16. The van der Waals surface area contributed by atoms with Crippen LogP contribution in [0.4, 0.5) is 11.4 Å². The fraction of sp³-hybridized carbons (Fsp3) is 0.147. The molecule has 4 heterocycles. The average molecular weight is 586 g/mol. The lowest BCUT2D eigenvalue weighted by molar-refractivity contribution is -0.384. The van der Waals surface area contributed by atoms with E-state index >= 15 is 0 Å². The summed E-state index contributed by atoms with van der Waals surface area (Å²) < 4.78 is 11.0. The second kappa shape index (κ2) is 9.37. The van der Waals surface area contributed by atoms with Gasteiger partial charge in [-0.25, -0.2) is 0 Å². The Labute approximate surface area is 250 Å². The van der Waals surface area contributed by atoms with Crippen LogP contribution in [0.2, 0.25) is 0 Å². The van der Waals surface area contributed by atoms with E-state index in [0.717, 1.165) is 11.1 Å². The van der Waals surface area contributed by atoms with Crippen molar-refractivity contribution in [3.63, 3.8) is 0 Å². The van der Waals surface area contributed by atoms with Crippen LogP contribution in [0.15, 0.2) is 97.2 Å². The lowest BCUT2D eigenvalue weighted by Crippen LogP contribution is -2.49. The van der Waals surface area contributed by atoms with Gasteiger partial charge in [0, 0.05) is 35.1 Å². The molecule has 0 saturated carbocycles. The number of carbonyl (C=O) groups is 3. The van der Waals surface area contributed by atoms with Crippen LogP contribution in [0, 0.1) is 16.0 Å². The molecule has 0 aromatic heterocycles. The van der Waals surface area contributed by atoms with Gasteiger partial charge in [-0.05, 0) is 47.0 Å². The Morgan fingerprint density at radius 3 is 2.52 bits per heavy atom. The van der Waals surface area contributed by atoms with Crippen LogP contribution in [-0.2, 0) is 10.2 Å². The van der Waals surface area contributed by atoms with Gasteiger partial charge in [-0.3, -0.25) is 24.5 Å². The van der Waals surface area contributed by atoms with Gasteiger partial charge in [0.05, 0.1) is 16.9 Å². The Balaban J connectivity index is 1.40. The monoisotopic (exact) mass is 585 g/mol. The molecule has 10 heteroatoms.